The first kappa shape index (κ1) is 15.7. The SMILES string of the molecule is CCNC(Cc1ccc(F)cc1)C(C)(C)c1ccccc1. The average molecular weight is 285 g/mol. The maximum Gasteiger partial charge on any atom is 0.123 e. The Bertz CT molecular complexity index is 546. The van der Waals surface area contributed by atoms with Gasteiger partial charge in [-0.15, -0.1) is 0 Å². The topological polar surface area (TPSA) is 12.0 Å². The Morgan fingerprint density at radius 2 is 1.62 bits per heavy atom. The van der Waals surface area contributed by atoms with E-state index >= 15 is 0 Å². The first-order chi connectivity index (χ1) is 10.0. The molecule has 0 bridgehead atoms. The minimum atomic E-state index is -0.180. The average Bonchev–Trinajstić information content (AvgIpc) is 2.50. The monoisotopic (exact) mass is 285 g/mol. The van der Waals surface area contributed by atoms with Crippen LogP contribution in [0.2, 0.25) is 0 Å². The lowest BCUT2D eigenvalue weighted by molar-refractivity contribution is 0.343. The number of likely N-dealkylation sites (N-methyl/N-ethyl adjacent to an activating group) is 1. The highest BCUT2D eigenvalue weighted by molar-refractivity contribution is 5.28. The van der Waals surface area contributed by atoms with Crippen molar-refractivity contribution in [3.05, 3.63) is 71.5 Å². The largest absolute Gasteiger partial charge is 0.313 e. The zero-order valence-electron chi connectivity index (χ0n) is 13.1. The Kier molecular flexibility index (Phi) is 5.13. The molecule has 1 atom stereocenters. The van der Waals surface area contributed by atoms with Crippen LogP contribution in [0.15, 0.2) is 54.6 Å². The molecule has 2 aromatic rings. The van der Waals surface area contributed by atoms with Gasteiger partial charge in [0.25, 0.3) is 0 Å². The van der Waals surface area contributed by atoms with Crippen molar-refractivity contribution in [1.29, 1.82) is 0 Å². The molecule has 2 rings (SSSR count). The van der Waals surface area contributed by atoms with Crippen LogP contribution < -0.4 is 5.32 Å². The van der Waals surface area contributed by atoms with Crippen LogP contribution in [0, 0.1) is 5.82 Å². The van der Waals surface area contributed by atoms with Crippen molar-refractivity contribution in [2.45, 2.75) is 38.6 Å². The minimum absolute atomic E-state index is 0.00561. The highest BCUT2D eigenvalue weighted by atomic mass is 19.1. The Labute approximate surface area is 127 Å². The van der Waals surface area contributed by atoms with Crippen LogP contribution in [0.3, 0.4) is 0 Å². The predicted octanol–water partition coefficient (Wildman–Crippen LogP) is 4.32. The van der Waals surface area contributed by atoms with Gasteiger partial charge in [0.2, 0.25) is 0 Å². The van der Waals surface area contributed by atoms with Crippen LogP contribution in [0.4, 0.5) is 4.39 Å². The molecule has 0 aliphatic carbocycles. The number of hydrogen-bond acceptors (Lipinski definition) is 1. The van der Waals surface area contributed by atoms with Gasteiger partial charge in [0.1, 0.15) is 5.82 Å². The molecule has 2 heteroatoms. The second-order valence-electron chi connectivity index (χ2n) is 6.03. The third-order valence-corrected chi connectivity index (χ3v) is 4.19. The van der Waals surface area contributed by atoms with Crippen molar-refractivity contribution in [3.8, 4) is 0 Å². The van der Waals surface area contributed by atoms with Gasteiger partial charge in [-0.3, -0.25) is 0 Å². The fraction of sp³-hybridized carbons (Fsp3) is 0.368. The van der Waals surface area contributed by atoms with Crippen molar-refractivity contribution in [2.24, 2.45) is 0 Å². The minimum Gasteiger partial charge on any atom is -0.313 e. The normalized spacial score (nSPS) is 13.1. The fourth-order valence-corrected chi connectivity index (χ4v) is 2.75. The van der Waals surface area contributed by atoms with E-state index in [0.717, 1.165) is 18.5 Å². The summed E-state index contributed by atoms with van der Waals surface area (Å²) in [7, 11) is 0. The van der Waals surface area contributed by atoms with Gasteiger partial charge in [-0.05, 0) is 36.2 Å². The fourth-order valence-electron chi connectivity index (χ4n) is 2.75. The third-order valence-electron chi connectivity index (χ3n) is 4.19. The summed E-state index contributed by atoms with van der Waals surface area (Å²) in [4.78, 5) is 0. The molecular weight excluding hydrogens is 261 g/mol. The van der Waals surface area contributed by atoms with E-state index in [9.17, 15) is 4.39 Å². The molecule has 2 aromatic carbocycles. The van der Waals surface area contributed by atoms with Gasteiger partial charge in [0.15, 0.2) is 0 Å². The van der Waals surface area contributed by atoms with Gasteiger partial charge < -0.3 is 5.32 Å². The molecule has 1 N–H and O–H groups in total. The van der Waals surface area contributed by atoms with E-state index < -0.39 is 0 Å². The van der Waals surface area contributed by atoms with Gasteiger partial charge in [0.05, 0.1) is 0 Å². The van der Waals surface area contributed by atoms with E-state index in [-0.39, 0.29) is 11.2 Å². The van der Waals surface area contributed by atoms with Crippen molar-refractivity contribution >= 4 is 0 Å². The van der Waals surface area contributed by atoms with Crippen LogP contribution >= 0.6 is 0 Å². The maximum atomic E-state index is 13.1. The lowest BCUT2D eigenvalue weighted by Gasteiger charge is -2.36. The first-order valence-electron chi connectivity index (χ1n) is 7.57. The molecule has 0 heterocycles. The van der Waals surface area contributed by atoms with Gasteiger partial charge in [-0.1, -0.05) is 63.2 Å². The molecule has 112 valence electrons. The summed E-state index contributed by atoms with van der Waals surface area (Å²) >= 11 is 0. The molecule has 0 aromatic heterocycles. The van der Waals surface area contributed by atoms with E-state index in [1.165, 1.54) is 17.7 Å². The summed E-state index contributed by atoms with van der Waals surface area (Å²) in [5.41, 5.74) is 2.48. The summed E-state index contributed by atoms with van der Waals surface area (Å²) in [6, 6.07) is 17.7. The summed E-state index contributed by atoms with van der Waals surface area (Å²) in [5.74, 6) is -0.180. The lowest BCUT2D eigenvalue weighted by atomic mass is 9.75. The number of rotatable bonds is 6. The second-order valence-corrected chi connectivity index (χ2v) is 6.03. The molecule has 1 unspecified atom stereocenters. The number of halogens is 1. The molecule has 0 amide bonds. The molecule has 0 saturated carbocycles. The van der Waals surface area contributed by atoms with Crippen LogP contribution in [-0.4, -0.2) is 12.6 Å². The smallest absolute Gasteiger partial charge is 0.123 e. The highest BCUT2D eigenvalue weighted by Crippen LogP contribution is 2.29. The van der Waals surface area contributed by atoms with Gasteiger partial charge in [-0.25, -0.2) is 4.39 Å². The van der Waals surface area contributed by atoms with E-state index in [1.54, 1.807) is 0 Å². The maximum absolute atomic E-state index is 13.1. The molecule has 1 nitrogen and oxygen atoms in total. The summed E-state index contributed by atoms with van der Waals surface area (Å²) in [6.07, 6.45) is 0.885. The van der Waals surface area contributed by atoms with E-state index in [1.807, 2.05) is 18.2 Å². The summed E-state index contributed by atoms with van der Waals surface area (Å²) < 4.78 is 13.1. The molecule has 21 heavy (non-hydrogen) atoms. The number of nitrogens with one attached hydrogen (secondary N) is 1. The third kappa shape index (κ3) is 3.92. The molecule has 0 aliphatic heterocycles. The first-order valence-corrected chi connectivity index (χ1v) is 7.57. The Morgan fingerprint density at radius 3 is 2.19 bits per heavy atom. The Balaban J connectivity index is 2.23. The second kappa shape index (κ2) is 6.86. The molecule has 0 aliphatic rings. The van der Waals surface area contributed by atoms with Crippen LogP contribution in [0.25, 0.3) is 0 Å². The van der Waals surface area contributed by atoms with Crippen LogP contribution in [0.1, 0.15) is 31.9 Å². The predicted molar refractivity (Wildman–Crippen MR) is 87.0 cm³/mol. The molecule has 0 saturated heterocycles. The van der Waals surface area contributed by atoms with E-state index in [4.69, 9.17) is 0 Å². The highest BCUT2D eigenvalue weighted by Gasteiger charge is 2.30. The molecule has 0 spiro atoms. The van der Waals surface area contributed by atoms with Crippen molar-refractivity contribution in [2.75, 3.05) is 6.54 Å². The molecule has 0 radical (unpaired) electrons. The van der Waals surface area contributed by atoms with Gasteiger partial charge in [0, 0.05) is 11.5 Å². The zero-order chi connectivity index (χ0) is 15.3. The van der Waals surface area contributed by atoms with E-state index in [0.29, 0.717) is 6.04 Å². The van der Waals surface area contributed by atoms with Crippen molar-refractivity contribution < 1.29 is 4.39 Å². The quantitative estimate of drug-likeness (QED) is 0.833. The van der Waals surface area contributed by atoms with Crippen molar-refractivity contribution in [1.82, 2.24) is 5.32 Å². The number of benzene rings is 2. The standard InChI is InChI=1S/C19H24FN/c1-4-21-18(14-15-10-12-17(20)13-11-15)19(2,3)16-8-6-5-7-9-16/h5-13,18,21H,4,14H2,1-3H3. The van der Waals surface area contributed by atoms with Crippen LogP contribution in [-0.2, 0) is 11.8 Å². The summed E-state index contributed by atoms with van der Waals surface area (Å²) in [6.45, 7) is 7.57. The van der Waals surface area contributed by atoms with Gasteiger partial charge >= 0.3 is 0 Å². The Hall–Kier alpha value is -1.67. The summed E-state index contributed by atoms with van der Waals surface area (Å²) in [5, 5.41) is 3.59. The van der Waals surface area contributed by atoms with Crippen molar-refractivity contribution in [3.63, 3.8) is 0 Å². The molecular formula is C19H24FN. The lowest BCUT2D eigenvalue weighted by Crippen LogP contribution is -2.46. The zero-order valence-corrected chi connectivity index (χ0v) is 13.1. The van der Waals surface area contributed by atoms with Crippen LogP contribution in [0.5, 0.6) is 0 Å². The Morgan fingerprint density at radius 1 is 1.00 bits per heavy atom. The number of hydrogen-bond donors (Lipinski definition) is 1. The molecule has 0 fully saturated rings. The van der Waals surface area contributed by atoms with E-state index in [2.05, 4.69) is 50.4 Å². The van der Waals surface area contributed by atoms with Gasteiger partial charge in [-0.2, -0.15) is 0 Å².